The predicted octanol–water partition coefficient (Wildman–Crippen LogP) is 2.78. The van der Waals surface area contributed by atoms with Gasteiger partial charge in [0, 0.05) is 17.8 Å². The molecular formula is C17H19N5O2S2. The maximum atomic E-state index is 12.9. The van der Waals surface area contributed by atoms with Crippen LogP contribution in [0, 0.1) is 0 Å². The fourth-order valence-electron chi connectivity index (χ4n) is 3.19. The summed E-state index contributed by atoms with van der Waals surface area (Å²) in [6, 6.07) is 0. The van der Waals surface area contributed by atoms with E-state index in [0.29, 0.717) is 11.7 Å². The number of carbonyl (C=O) groups is 1. The van der Waals surface area contributed by atoms with Crippen LogP contribution in [0.5, 0.6) is 0 Å². The van der Waals surface area contributed by atoms with E-state index in [4.69, 9.17) is 0 Å². The molecule has 26 heavy (non-hydrogen) atoms. The lowest BCUT2D eigenvalue weighted by Crippen LogP contribution is -2.24. The zero-order valence-electron chi connectivity index (χ0n) is 14.4. The van der Waals surface area contributed by atoms with Crippen LogP contribution in [0.4, 0.5) is 5.13 Å². The topological polar surface area (TPSA) is 89.8 Å². The molecular weight excluding hydrogens is 370 g/mol. The summed E-state index contributed by atoms with van der Waals surface area (Å²) in [4.78, 5) is 31.6. The number of thiophene rings is 1. The van der Waals surface area contributed by atoms with E-state index < -0.39 is 0 Å². The van der Waals surface area contributed by atoms with E-state index in [1.807, 2.05) is 6.92 Å². The van der Waals surface area contributed by atoms with Crippen molar-refractivity contribution >= 4 is 43.9 Å². The van der Waals surface area contributed by atoms with Crippen molar-refractivity contribution < 1.29 is 4.79 Å². The first-order chi connectivity index (χ1) is 12.7. The molecule has 9 heteroatoms. The molecule has 1 N–H and O–H groups in total. The van der Waals surface area contributed by atoms with E-state index >= 15 is 0 Å². The number of nitrogens with zero attached hydrogens (tertiary/aromatic N) is 4. The Labute approximate surface area is 158 Å². The summed E-state index contributed by atoms with van der Waals surface area (Å²) in [5.41, 5.74) is 1.14. The zero-order valence-corrected chi connectivity index (χ0v) is 16.1. The highest BCUT2D eigenvalue weighted by molar-refractivity contribution is 7.18. The highest BCUT2D eigenvalue weighted by Gasteiger charge is 2.20. The molecule has 0 atom stereocenters. The molecule has 1 aliphatic carbocycles. The van der Waals surface area contributed by atoms with E-state index in [1.165, 1.54) is 28.2 Å². The average molecular weight is 390 g/mol. The van der Waals surface area contributed by atoms with Crippen molar-refractivity contribution in [2.24, 2.45) is 0 Å². The van der Waals surface area contributed by atoms with Gasteiger partial charge in [0.15, 0.2) is 0 Å². The van der Waals surface area contributed by atoms with E-state index in [2.05, 4.69) is 20.5 Å². The Morgan fingerprint density at radius 2 is 2.12 bits per heavy atom. The number of amides is 1. The summed E-state index contributed by atoms with van der Waals surface area (Å²) in [7, 11) is 0. The van der Waals surface area contributed by atoms with Crippen LogP contribution >= 0.6 is 22.7 Å². The first-order valence-electron chi connectivity index (χ1n) is 8.77. The Balaban J connectivity index is 1.49. The van der Waals surface area contributed by atoms with Crippen LogP contribution in [-0.4, -0.2) is 25.7 Å². The standard InChI is InChI=1S/C17H19N5O2S2/c1-2-13-20-21-17(26-13)19-12(23)7-8-22-9-18-15-14(16(22)24)10-5-3-4-6-11(10)25-15/h9H,2-8H2,1H3,(H,19,21,23). The molecule has 0 aromatic carbocycles. The Morgan fingerprint density at radius 1 is 1.27 bits per heavy atom. The molecule has 136 valence electrons. The Kier molecular flexibility index (Phi) is 4.82. The van der Waals surface area contributed by atoms with Gasteiger partial charge in [0.25, 0.3) is 5.56 Å². The zero-order chi connectivity index (χ0) is 18.1. The molecule has 0 fully saturated rings. The fourth-order valence-corrected chi connectivity index (χ4v) is 5.11. The predicted molar refractivity (Wildman–Crippen MR) is 103 cm³/mol. The van der Waals surface area contributed by atoms with Gasteiger partial charge in [-0.1, -0.05) is 18.3 Å². The third-order valence-electron chi connectivity index (χ3n) is 4.54. The molecule has 3 aromatic rings. The summed E-state index contributed by atoms with van der Waals surface area (Å²) in [5, 5.41) is 12.8. The van der Waals surface area contributed by atoms with Crippen LogP contribution in [-0.2, 0) is 30.6 Å². The number of aryl methyl sites for hydroxylation is 4. The van der Waals surface area contributed by atoms with Crippen LogP contribution < -0.4 is 10.9 Å². The SMILES string of the molecule is CCc1nnc(NC(=O)CCn2cnc3sc4c(c3c2=O)CCCC4)s1. The molecule has 0 spiro atoms. The number of aromatic nitrogens is 4. The number of nitrogens with one attached hydrogen (secondary N) is 1. The highest BCUT2D eigenvalue weighted by atomic mass is 32.1. The van der Waals surface area contributed by atoms with Crippen molar-refractivity contribution in [1.82, 2.24) is 19.7 Å². The molecule has 0 unspecified atom stereocenters. The second-order valence-electron chi connectivity index (χ2n) is 6.29. The highest BCUT2D eigenvalue weighted by Crippen LogP contribution is 2.33. The minimum Gasteiger partial charge on any atom is -0.300 e. The summed E-state index contributed by atoms with van der Waals surface area (Å²) in [6.07, 6.45) is 6.84. The van der Waals surface area contributed by atoms with Crippen LogP contribution in [0.3, 0.4) is 0 Å². The minimum atomic E-state index is -0.178. The van der Waals surface area contributed by atoms with Crippen molar-refractivity contribution in [2.75, 3.05) is 5.32 Å². The van der Waals surface area contributed by atoms with Gasteiger partial charge >= 0.3 is 0 Å². The van der Waals surface area contributed by atoms with Gasteiger partial charge in [-0.15, -0.1) is 21.5 Å². The fraction of sp³-hybridized carbons (Fsp3) is 0.471. The maximum absolute atomic E-state index is 12.9. The molecule has 0 radical (unpaired) electrons. The van der Waals surface area contributed by atoms with E-state index in [1.54, 1.807) is 22.2 Å². The van der Waals surface area contributed by atoms with Crippen molar-refractivity contribution in [1.29, 1.82) is 0 Å². The van der Waals surface area contributed by atoms with Gasteiger partial charge in [0.1, 0.15) is 9.84 Å². The molecule has 4 rings (SSSR count). The van der Waals surface area contributed by atoms with Gasteiger partial charge in [0.2, 0.25) is 11.0 Å². The molecule has 1 aliphatic rings. The lowest BCUT2D eigenvalue weighted by molar-refractivity contribution is -0.116. The van der Waals surface area contributed by atoms with Gasteiger partial charge in [-0.05, 0) is 37.7 Å². The smallest absolute Gasteiger partial charge is 0.262 e. The molecule has 0 bridgehead atoms. The number of hydrogen-bond acceptors (Lipinski definition) is 7. The van der Waals surface area contributed by atoms with Crippen LogP contribution in [0.15, 0.2) is 11.1 Å². The third-order valence-corrected chi connectivity index (χ3v) is 6.72. The normalized spacial score (nSPS) is 13.7. The molecule has 1 amide bonds. The third kappa shape index (κ3) is 3.28. The van der Waals surface area contributed by atoms with Gasteiger partial charge < -0.3 is 5.32 Å². The van der Waals surface area contributed by atoms with E-state index in [9.17, 15) is 9.59 Å². The molecule has 0 saturated heterocycles. The van der Waals surface area contributed by atoms with Gasteiger partial charge in [-0.3, -0.25) is 14.2 Å². The number of anilines is 1. The second-order valence-corrected chi connectivity index (χ2v) is 8.43. The van der Waals surface area contributed by atoms with E-state index in [0.717, 1.165) is 40.9 Å². The van der Waals surface area contributed by atoms with Gasteiger partial charge in [-0.2, -0.15) is 0 Å². The summed E-state index contributed by atoms with van der Waals surface area (Å²) in [6.45, 7) is 2.29. The molecule has 3 aromatic heterocycles. The molecule has 0 aliphatic heterocycles. The second kappa shape index (κ2) is 7.24. The quantitative estimate of drug-likeness (QED) is 0.725. The van der Waals surface area contributed by atoms with Crippen LogP contribution in [0.25, 0.3) is 10.2 Å². The largest absolute Gasteiger partial charge is 0.300 e. The van der Waals surface area contributed by atoms with Crippen molar-refractivity contribution in [3.8, 4) is 0 Å². The Bertz CT molecular complexity index is 1020. The van der Waals surface area contributed by atoms with Crippen molar-refractivity contribution in [2.45, 2.75) is 52.0 Å². The average Bonchev–Trinajstić information content (AvgIpc) is 3.25. The lowest BCUT2D eigenvalue weighted by Gasteiger charge is -2.10. The number of rotatable bonds is 5. The monoisotopic (exact) mass is 389 g/mol. The Morgan fingerprint density at radius 3 is 2.92 bits per heavy atom. The number of hydrogen-bond donors (Lipinski definition) is 1. The van der Waals surface area contributed by atoms with E-state index in [-0.39, 0.29) is 17.9 Å². The molecule has 7 nitrogen and oxygen atoms in total. The first kappa shape index (κ1) is 17.3. The van der Waals surface area contributed by atoms with Crippen LogP contribution in [0.1, 0.15) is 41.6 Å². The molecule has 0 saturated carbocycles. The van der Waals surface area contributed by atoms with Gasteiger partial charge in [-0.25, -0.2) is 4.98 Å². The maximum Gasteiger partial charge on any atom is 0.262 e. The minimum absolute atomic E-state index is 0.0358. The number of fused-ring (bicyclic) bond motifs is 3. The lowest BCUT2D eigenvalue weighted by atomic mass is 9.97. The first-order valence-corrected chi connectivity index (χ1v) is 10.4. The number of carbonyl (C=O) groups excluding carboxylic acids is 1. The van der Waals surface area contributed by atoms with Crippen molar-refractivity contribution in [3.63, 3.8) is 0 Å². The molecule has 3 heterocycles. The van der Waals surface area contributed by atoms with Gasteiger partial charge in [0.05, 0.1) is 11.7 Å². The summed E-state index contributed by atoms with van der Waals surface area (Å²) in [5.74, 6) is -0.178. The van der Waals surface area contributed by atoms with Crippen LogP contribution in [0.2, 0.25) is 0 Å². The summed E-state index contributed by atoms with van der Waals surface area (Å²) >= 11 is 3.01. The Hall–Kier alpha value is -2.13. The van der Waals surface area contributed by atoms with Crippen molar-refractivity contribution in [3.05, 3.63) is 32.1 Å². The summed E-state index contributed by atoms with van der Waals surface area (Å²) < 4.78 is 1.54.